The molecule has 0 saturated carbocycles. The summed E-state index contributed by atoms with van der Waals surface area (Å²) in [7, 11) is 0. The van der Waals surface area contributed by atoms with E-state index >= 15 is 0 Å². The van der Waals surface area contributed by atoms with Crippen molar-refractivity contribution in [3.63, 3.8) is 0 Å². The van der Waals surface area contributed by atoms with E-state index in [0.717, 1.165) is 25.3 Å². The maximum absolute atomic E-state index is 13.0. The van der Waals surface area contributed by atoms with Crippen LogP contribution in [0.1, 0.15) is 38.7 Å². The first-order valence-electron chi connectivity index (χ1n) is 7.69. The Hall–Kier alpha value is -1.00. The van der Waals surface area contributed by atoms with Gasteiger partial charge >= 0.3 is 0 Å². The van der Waals surface area contributed by atoms with E-state index in [-0.39, 0.29) is 17.2 Å². The van der Waals surface area contributed by atoms with Crippen molar-refractivity contribution in [3.8, 4) is 0 Å². The summed E-state index contributed by atoms with van der Waals surface area (Å²) in [5.41, 5.74) is 7.00. The quantitative estimate of drug-likeness (QED) is 0.878. The van der Waals surface area contributed by atoms with Crippen LogP contribution < -0.4 is 5.73 Å². The van der Waals surface area contributed by atoms with E-state index in [0.29, 0.717) is 6.54 Å². The average Bonchev–Trinajstić information content (AvgIpc) is 2.90. The fraction of sp³-hybridized carbons (Fsp3) is 0.588. The van der Waals surface area contributed by atoms with E-state index in [1.807, 2.05) is 17.0 Å². The third-order valence-corrected chi connectivity index (χ3v) is 5.16. The van der Waals surface area contributed by atoms with Gasteiger partial charge in [0.2, 0.25) is 5.91 Å². The summed E-state index contributed by atoms with van der Waals surface area (Å²) in [5, 5.41) is 0. The van der Waals surface area contributed by atoms with Gasteiger partial charge in [-0.1, -0.05) is 39.0 Å². The number of carbonyl (C=O) groups excluding carboxylic acids is 1. The second-order valence-corrected chi connectivity index (χ2v) is 7.59. The molecule has 1 aliphatic rings. The zero-order valence-electron chi connectivity index (χ0n) is 13.3. The predicted molar refractivity (Wildman–Crippen MR) is 89.6 cm³/mol. The Bertz CT molecular complexity index is 501. The van der Waals surface area contributed by atoms with Gasteiger partial charge in [0, 0.05) is 23.7 Å². The molecular weight excluding hydrogens is 280 g/mol. The van der Waals surface area contributed by atoms with Crippen LogP contribution in [0.5, 0.6) is 0 Å². The summed E-state index contributed by atoms with van der Waals surface area (Å²) < 4.78 is 0. The standard InChI is InChI=1S/C17H26N2OS/c1-4-9-19(12-17(2,3)11-18)16(20)14-10-21-15-8-6-5-7-13(14)15/h5-8,14H,4,9-12,18H2,1-3H3. The van der Waals surface area contributed by atoms with E-state index in [2.05, 4.69) is 32.9 Å². The lowest BCUT2D eigenvalue weighted by Crippen LogP contribution is -2.44. The van der Waals surface area contributed by atoms with Crippen molar-refractivity contribution in [2.24, 2.45) is 11.1 Å². The lowest BCUT2D eigenvalue weighted by molar-refractivity contribution is -0.133. The molecule has 1 unspecified atom stereocenters. The monoisotopic (exact) mass is 306 g/mol. The number of amides is 1. The Kier molecular flexibility index (Phi) is 5.33. The van der Waals surface area contributed by atoms with Crippen molar-refractivity contribution in [1.82, 2.24) is 4.90 Å². The number of nitrogens with zero attached hydrogens (tertiary/aromatic N) is 1. The number of nitrogens with two attached hydrogens (primary N) is 1. The van der Waals surface area contributed by atoms with E-state index < -0.39 is 0 Å². The number of fused-ring (bicyclic) bond motifs is 1. The molecule has 0 saturated heterocycles. The normalized spacial score (nSPS) is 17.6. The van der Waals surface area contributed by atoms with Crippen molar-refractivity contribution in [3.05, 3.63) is 29.8 Å². The fourth-order valence-corrected chi connectivity index (χ4v) is 3.93. The first-order chi connectivity index (χ1) is 9.98. The van der Waals surface area contributed by atoms with Gasteiger partial charge in [-0.05, 0) is 30.0 Å². The van der Waals surface area contributed by atoms with Gasteiger partial charge in [-0.15, -0.1) is 11.8 Å². The minimum Gasteiger partial charge on any atom is -0.342 e. The molecule has 1 heterocycles. The van der Waals surface area contributed by atoms with Crippen LogP contribution >= 0.6 is 11.8 Å². The fourth-order valence-electron chi connectivity index (χ4n) is 2.71. The highest BCUT2D eigenvalue weighted by Gasteiger charge is 2.33. The molecule has 0 aromatic heterocycles. The Morgan fingerprint density at radius 2 is 2.14 bits per heavy atom. The zero-order valence-corrected chi connectivity index (χ0v) is 14.1. The lowest BCUT2D eigenvalue weighted by Gasteiger charge is -2.33. The maximum Gasteiger partial charge on any atom is 0.231 e. The van der Waals surface area contributed by atoms with Gasteiger partial charge in [0.05, 0.1) is 5.92 Å². The maximum atomic E-state index is 13.0. The van der Waals surface area contributed by atoms with Crippen molar-refractivity contribution < 1.29 is 4.79 Å². The van der Waals surface area contributed by atoms with Crippen LogP contribution in [0.25, 0.3) is 0 Å². The minimum atomic E-state index is -0.0317. The van der Waals surface area contributed by atoms with Crippen LogP contribution in [0.3, 0.4) is 0 Å². The van der Waals surface area contributed by atoms with Gasteiger partial charge in [-0.25, -0.2) is 0 Å². The summed E-state index contributed by atoms with van der Waals surface area (Å²) in [5.74, 6) is 1.13. The summed E-state index contributed by atoms with van der Waals surface area (Å²) in [6.07, 6.45) is 0.980. The zero-order chi connectivity index (χ0) is 15.5. The van der Waals surface area contributed by atoms with Crippen LogP contribution in [0.4, 0.5) is 0 Å². The molecule has 0 bridgehead atoms. The number of hydrogen-bond donors (Lipinski definition) is 1. The highest BCUT2D eigenvalue weighted by Crippen LogP contribution is 2.40. The predicted octanol–water partition coefficient (Wildman–Crippen LogP) is 3.10. The van der Waals surface area contributed by atoms with Crippen LogP contribution in [0, 0.1) is 5.41 Å². The largest absolute Gasteiger partial charge is 0.342 e. The van der Waals surface area contributed by atoms with Crippen LogP contribution in [0.15, 0.2) is 29.2 Å². The highest BCUT2D eigenvalue weighted by molar-refractivity contribution is 7.99. The molecule has 1 atom stereocenters. The summed E-state index contributed by atoms with van der Waals surface area (Å²) in [6, 6.07) is 8.27. The molecule has 1 amide bonds. The number of benzene rings is 1. The number of hydrogen-bond acceptors (Lipinski definition) is 3. The van der Waals surface area contributed by atoms with Crippen molar-refractivity contribution in [1.29, 1.82) is 0 Å². The van der Waals surface area contributed by atoms with E-state index in [1.165, 1.54) is 10.5 Å². The van der Waals surface area contributed by atoms with Gasteiger partial charge in [0.1, 0.15) is 0 Å². The van der Waals surface area contributed by atoms with Gasteiger partial charge in [-0.2, -0.15) is 0 Å². The van der Waals surface area contributed by atoms with Crippen LogP contribution in [0.2, 0.25) is 0 Å². The molecule has 2 N–H and O–H groups in total. The minimum absolute atomic E-state index is 0.00586. The van der Waals surface area contributed by atoms with Crippen LogP contribution in [-0.2, 0) is 4.79 Å². The van der Waals surface area contributed by atoms with Gasteiger partial charge in [0.25, 0.3) is 0 Å². The molecule has 1 aliphatic heterocycles. The molecule has 21 heavy (non-hydrogen) atoms. The van der Waals surface area contributed by atoms with Gasteiger partial charge in [-0.3, -0.25) is 4.79 Å². The van der Waals surface area contributed by atoms with E-state index in [4.69, 9.17) is 5.73 Å². The first kappa shape index (κ1) is 16.4. The molecule has 116 valence electrons. The second kappa shape index (κ2) is 6.84. The molecule has 0 spiro atoms. The van der Waals surface area contributed by atoms with Crippen molar-refractivity contribution >= 4 is 17.7 Å². The lowest BCUT2D eigenvalue weighted by atomic mass is 9.91. The summed E-state index contributed by atoms with van der Waals surface area (Å²) in [6.45, 7) is 8.51. The van der Waals surface area contributed by atoms with Crippen LogP contribution in [-0.4, -0.2) is 36.2 Å². The first-order valence-corrected chi connectivity index (χ1v) is 8.67. The highest BCUT2D eigenvalue weighted by atomic mass is 32.2. The third-order valence-electron chi connectivity index (χ3n) is 3.97. The molecule has 1 aromatic rings. The molecule has 4 heteroatoms. The van der Waals surface area contributed by atoms with E-state index in [9.17, 15) is 4.79 Å². The Morgan fingerprint density at radius 1 is 1.43 bits per heavy atom. The summed E-state index contributed by atoms with van der Waals surface area (Å²) in [4.78, 5) is 16.2. The van der Waals surface area contributed by atoms with Crippen molar-refractivity contribution in [2.75, 3.05) is 25.4 Å². The number of carbonyl (C=O) groups is 1. The Labute approximate surface area is 132 Å². The number of rotatable bonds is 6. The molecule has 0 fully saturated rings. The smallest absolute Gasteiger partial charge is 0.231 e. The SMILES string of the molecule is CCCN(CC(C)(C)CN)C(=O)C1CSc2ccccc21. The Balaban J connectivity index is 2.16. The second-order valence-electron chi connectivity index (χ2n) is 6.53. The number of thioether (sulfide) groups is 1. The van der Waals surface area contributed by atoms with Crippen molar-refractivity contribution in [2.45, 2.75) is 38.0 Å². The van der Waals surface area contributed by atoms with Gasteiger partial charge < -0.3 is 10.6 Å². The molecule has 3 nitrogen and oxygen atoms in total. The molecular formula is C17H26N2OS. The van der Waals surface area contributed by atoms with E-state index in [1.54, 1.807) is 11.8 Å². The Morgan fingerprint density at radius 3 is 2.81 bits per heavy atom. The molecule has 0 radical (unpaired) electrons. The average molecular weight is 306 g/mol. The molecule has 1 aromatic carbocycles. The molecule has 2 rings (SSSR count). The summed E-state index contributed by atoms with van der Waals surface area (Å²) >= 11 is 1.79. The molecule has 0 aliphatic carbocycles. The topological polar surface area (TPSA) is 46.3 Å². The van der Waals surface area contributed by atoms with Gasteiger partial charge in [0.15, 0.2) is 0 Å². The third kappa shape index (κ3) is 3.80.